The summed E-state index contributed by atoms with van der Waals surface area (Å²) in [6.45, 7) is 13.0. The molecule has 0 bridgehead atoms. The summed E-state index contributed by atoms with van der Waals surface area (Å²) in [6, 6.07) is 0. The van der Waals surface area contributed by atoms with Crippen molar-refractivity contribution in [2.24, 2.45) is 0 Å². The number of nitrogens with zero attached hydrogens (tertiary/aromatic N) is 4. The zero-order valence-electron chi connectivity index (χ0n) is 27.5. The molecule has 0 radical (unpaired) electrons. The van der Waals surface area contributed by atoms with Crippen LogP contribution in [0.3, 0.4) is 0 Å². The fourth-order valence-electron chi connectivity index (χ4n) is 5.47. The van der Waals surface area contributed by atoms with Crippen LogP contribution < -0.4 is 9.13 Å². The molecule has 0 fully saturated rings. The first-order valence-electron chi connectivity index (χ1n) is 17.5. The topological polar surface area (TPSA) is 26.8 Å². The van der Waals surface area contributed by atoms with E-state index in [4.69, 9.17) is 4.74 Å². The highest BCUT2D eigenvalue weighted by Crippen LogP contribution is 2.11. The fourth-order valence-corrected chi connectivity index (χ4v) is 5.47. The molecule has 0 spiro atoms. The lowest BCUT2D eigenvalue weighted by Crippen LogP contribution is -2.31. The third-order valence-corrected chi connectivity index (χ3v) is 8.10. The van der Waals surface area contributed by atoms with Gasteiger partial charge in [-0.2, -0.15) is 0 Å². The normalized spacial score (nSPS) is 11.7. The van der Waals surface area contributed by atoms with Gasteiger partial charge in [-0.05, 0) is 51.4 Å². The molecular weight excluding hydrogens is 528 g/mol. The van der Waals surface area contributed by atoms with Crippen LogP contribution in [0.15, 0.2) is 87.1 Å². The lowest BCUT2D eigenvalue weighted by Gasteiger charge is -2.02. The Balaban J connectivity index is 1.38. The van der Waals surface area contributed by atoms with Gasteiger partial charge in [-0.25, -0.2) is 18.3 Å². The Labute approximate surface area is 264 Å². The van der Waals surface area contributed by atoms with Crippen LogP contribution in [0.5, 0.6) is 0 Å². The van der Waals surface area contributed by atoms with E-state index in [1.165, 1.54) is 116 Å². The van der Waals surface area contributed by atoms with Crippen LogP contribution in [0.4, 0.5) is 0 Å². The number of imidazole rings is 2. The number of aryl methyl sites for hydroxylation is 2. The number of allylic oxidation sites excluding steroid dienone is 6. The molecule has 2 heterocycles. The van der Waals surface area contributed by atoms with E-state index >= 15 is 0 Å². The molecule has 0 aliphatic heterocycles. The Morgan fingerprint density at radius 1 is 0.512 bits per heavy atom. The number of unbranched alkanes of at least 4 members (excludes halogenated alkanes) is 16. The molecule has 0 amide bonds. The molecule has 0 unspecified atom stereocenters. The Kier molecular flexibility index (Phi) is 22.9. The van der Waals surface area contributed by atoms with Crippen LogP contribution in [0.2, 0.25) is 0 Å². The first-order valence-corrected chi connectivity index (χ1v) is 17.5. The largest absolute Gasteiger partial charge is 0.373 e. The van der Waals surface area contributed by atoms with Crippen LogP contribution in [-0.4, -0.2) is 22.3 Å². The first-order chi connectivity index (χ1) is 21.3. The summed E-state index contributed by atoms with van der Waals surface area (Å²) in [5, 5.41) is 0. The van der Waals surface area contributed by atoms with Gasteiger partial charge in [0.05, 0.1) is 26.3 Å². The van der Waals surface area contributed by atoms with Crippen LogP contribution in [0, 0.1) is 0 Å². The predicted octanol–water partition coefficient (Wildman–Crippen LogP) is 9.09. The number of hydrogen-bond donors (Lipinski definition) is 0. The number of ether oxygens (including phenoxy) is 1. The smallest absolute Gasteiger partial charge is 0.243 e. The SMILES string of the molecule is C=C/C=C/CCCCCCCCCC[n+]1ccn(CCOCCn2cc[n+](CCCCCCCCCC/C=C/C=C)c2)c1. The summed E-state index contributed by atoms with van der Waals surface area (Å²) >= 11 is 0. The predicted molar refractivity (Wildman–Crippen MR) is 182 cm³/mol. The Hall–Kier alpha value is -2.66. The average molecular weight is 593 g/mol. The number of aromatic nitrogens is 4. The van der Waals surface area contributed by atoms with E-state index in [1.54, 1.807) is 0 Å². The molecule has 5 heteroatoms. The maximum Gasteiger partial charge on any atom is 0.243 e. The monoisotopic (exact) mass is 593 g/mol. The Bertz CT molecular complexity index is 907. The average Bonchev–Trinajstić information content (AvgIpc) is 3.67. The summed E-state index contributed by atoms with van der Waals surface area (Å²) in [7, 11) is 0. The maximum atomic E-state index is 5.94. The van der Waals surface area contributed by atoms with Gasteiger partial charge in [0.25, 0.3) is 0 Å². The van der Waals surface area contributed by atoms with Crippen molar-refractivity contribution >= 4 is 0 Å². The van der Waals surface area contributed by atoms with Crippen molar-refractivity contribution in [3.63, 3.8) is 0 Å². The maximum absolute atomic E-state index is 5.94. The molecule has 2 aromatic rings. The van der Waals surface area contributed by atoms with Crippen LogP contribution in [0.25, 0.3) is 0 Å². The summed E-state index contributed by atoms with van der Waals surface area (Å²) in [4.78, 5) is 0. The lowest BCUT2D eigenvalue weighted by atomic mass is 10.1. The molecule has 5 nitrogen and oxygen atoms in total. The molecule has 240 valence electrons. The Morgan fingerprint density at radius 3 is 1.28 bits per heavy atom. The van der Waals surface area contributed by atoms with Crippen LogP contribution in [0.1, 0.15) is 116 Å². The van der Waals surface area contributed by atoms with Gasteiger partial charge in [0, 0.05) is 0 Å². The first kappa shape index (κ1) is 36.5. The highest BCUT2D eigenvalue weighted by molar-refractivity contribution is 4.97. The highest BCUT2D eigenvalue weighted by atomic mass is 16.5. The standard InChI is InChI=1S/C38H64N4O/c1-3-5-7-9-11-13-15-17-19-21-23-25-27-39-29-31-41(37-39)33-35-43-36-34-42-32-30-40(38-42)28-26-24-22-20-18-16-14-12-10-8-6-4-2/h3-8,29-32,37-38H,1-2,9-28,33-36H2/q+2/b7-5+,8-6+. The van der Waals surface area contributed by atoms with Gasteiger partial charge in [-0.15, -0.1) is 0 Å². The molecule has 0 aliphatic rings. The van der Waals surface area contributed by atoms with Crippen LogP contribution in [-0.2, 0) is 30.9 Å². The van der Waals surface area contributed by atoms with E-state index in [9.17, 15) is 0 Å². The minimum Gasteiger partial charge on any atom is -0.373 e. The molecule has 2 rings (SSSR count). The van der Waals surface area contributed by atoms with Gasteiger partial charge in [0.15, 0.2) is 0 Å². The second kappa shape index (κ2) is 26.9. The minimum absolute atomic E-state index is 0.757. The van der Waals surface area contributed by atoms with Gasteiger partial charge in [-0.1, -0.05) is 114 Å². The van der Waals surface area contributed by atoms with Crippen LogP contribution >= 0.6 is 0 Å². The molecular formula is C38H64N4O+2. The lowest BCUT2D eigenvalue weighted by molar-refractivity contribution is -0.697. The van der Waals surface area contributed by atoms with Crippen molar-refractivity contribution in [3.05, 3.63) is 87.1 Å². The summed E-state index contributed by atoms with van der Waals surface area (Å²) < 4.78 is 15.1. The van der Waals surface area contributed by atoms with Gasteiger partial charge >= 0.3 is 0 Å². The molecule has 2 aromatic heterocycles. The van der Waals surface area contributed by atoms with E-state index in [-0.39, 0.29) is 0 Å². The fraction of sp³-hybridized carbons (Fsp3) is 0.632. The summed E-state index contributed by atoms with van der Waals surface area (Å²) in [5.74, 6) is 0. The molecule has 43 heavy (non-hydrogen) atoms. The van der Waals surface area contributed by atoms with Crippen molar-refractivity contribution < 1.29 is 13.9 Å². The van der Waals surface area contributed by atoms with Crippen molar-refractivity contribution in [2.45, 2.75) is 142 Å². The van der Waals surface area contributed by atoms with Crippen molar-refractivity contribution in [1.29, 1.82) is 0 Å². The second-order valence-corrected chi connectivity index (χ2v) is 12.0. The molecule has 0 atom stereocenters. The zero-order chi connectivity index (χ0) is 30.5. The van der Waals surface area contributed by atoms with E-state index in [0.717, 1.165) is 39.4 Å². The van der Waals surface area contributed by atoms with Gasteiger partial charge in [-0.3, -0.25) is 0 Å². The quantitative estimate of drug-likeness (QED) is 0.0505. The third kappa shape index (κ3) is 20.8. The van der Waals surface area contributed by atoms with Crippen molar-refractivity contribution in [2.75, 3.05) is 13.2 Å². The van der Waals surface area contributed by atoms with E-state index < -0.39 is 0 Å². The van der Waals surface area contributed by atoms with E-state index in [0.29, 0.717) is 0 Å². The highest BCUT2D eigenvalue weighted by Gasteiger charge is 2.06. The molecule has 0 saturated heterocycles. The number of hydrogen-bond acceptors (Lipinski definition) is 1. The molecule has 0 aromatic carbocycles. The van der Waals surface area contributed by atoms with E-state index in [2.05, 4.69) is 93.2 Å². The molecule has 0 aliphatic carbocycles. The Morgan fingerprint density at radius 2 is 0.884 bits per heavy atom. The second-order valence-electron chi connectivity index (χ2n) is 12.0. The van der Waals surface area contributed by atoms with Gasteiger partial charge < -0.3 is 4.74 Å². The minimum atomic E-state index is 0.757. The molecule has 0 saturated carbocycles. The van der Waals surface area contributed by atoms with E-state index in [1.807, 2.05) is 12.2 Å². The van der Waals surface area contributed by atoms with Crippen molar-refractivity contribution in [3.8, 4) is 0 Å². The number of rotatable bonds is 30. The zero-order valence-corrected chi connectivity index (χ0v) is 27.5. The van der Waals surface area contributed by atoms with Crippen molar-refractivity contribution in [1.82, 2.24) is 9.13 Å². The molecule has 0 N–H and O–H groups in total. The van der Waals surface area contributed by atoms with Gasteiger partial charge in [0.1, 0.15) is 37.9 Å². The third-order valence-electron chi connectivity index (χ3n) is 8.10. The summed E-state index contributed by atoms with van der Waals surface area (Å²) in [5.41, 5.74) is 0. The summed E-state index contributed by atoms with van der Waals surface area (Å²) in [6.07, 6.45) is 49.4. The van der Waals surface area contributed by atoms with Gasteiger partial charge in [0.2, 0.25) is 12.7 Å².